The number of hydrogen-bond acceptors (Lipinski definition) is 4. The van der Waals surface area contributed by atoms with Crippen molar-refractivity contribution in [2.24, 2.45) is 0 Å². The molecule has 8 heteroatoms. The molecule has 0 spiro atoms. The molecule has 0 aromatic rings. The van der Waals surface area contributed by atoms with Gasteiger partial charge in [0, 0.05) is 13.8 Å². The highest BCUT2D eigenvalue weighted by Crippen LogP contribution is 2.38. The first-order chi connectivity index (χ1) is 6.85. The summed E-state index contributed by atoms with van der Waals surface area (Å²) in [5.74, 6) is 0. The second kappa shape index (κ2) is 4.93. The molecule has 15 heavy (non-hydrogen) atoms. The van der Waals surface area contributed by atoms with Crippen LogP contribution in [0.5, 0.6) is 0 Å². The van der Waals surface area contributed by atoms with Crippen LogP contribution in [0.3, 0.4) is 0 Å². The van der Waals surface area contributed by atoms with Gasteiger partial charge in [-0.05, 0) is 0 Å². The molecule has 5 atom stereocenters. The number of ether oxygens (including phenoxy) is 2. The minimum atomic E-state index is -3.55. The number of hydrogen-bond donors (Lipinski definition) is 1. The van der Waals surface area contributed by atoms with Crippen LogP contribution in [0, 0.1) is 0 Å². The van der Waals surface area contributed by atoms with Crippen molar-refractivity contribution in [3.8, 4) is 0 Å². The molecule has 1 aliphatic rings. The number of methoxy groups -OCH3 is 1. The molecule has 1 rings (SSSR count). The van der Waals surface area contributed by atoms with Crippen molar-refractivity contribution in [1.29, 1.82) is 0 Å². The molecule has 0 aromatic carbocycles. The molecule has 0 saturated carbocycles. The summed E-state index contributed by atoms with van der Waals surface area (Å²) in [6, 6.07) is -0.585. The first-order valence-electron chi connectivity index (χ1n) is 4.62. The minimum absolute atomic E-state index is 0.145. The van der Waals surface area contributed by atoms with Crippen molar-refractivity contribution in [2.75, 3.05) is 20.4 Å². The van der Waals surface area contributed by atoms with Crippen LogP contribution >= 0.6 is 7.60 Å². The van der Waals surface area contributed by atoms with E-state index in [-0.39, 0.29) is 6.61 Å². The molecule has 88 valence electrons. The van der Waals surface area contributed by atoms with Gasteiger partial charge in [-0.25, -0.2) is 4.39 Å². The van der Waals surface area contributed by atoms with Crippen molar-refractivity contribution in [3.05, 3.63) is 0 Å². The van der Waals surface area contributed by atoms with Crippen molar-refractivity contribution < 1.29 is 27.8 Å². The molecule has 0 radical (unpaired) electrons. The van der Waals surface area contributed by atoms with Crippen LogP contribution in [-0.4, -0.2) is 57.5 Å². The zero-order valence-corrected chi connectivity index (χ0v) is 9.82. The fraction of sp³-hybridized carbons (Fsp3) is 1.00. The van der Waals surface area contributed by atoms with Gasteiger partial charge in [0.25, 0.3) is 0 Å². The molecular weight excluding hydrogens is 225 g/mol. The third-order valence-electron chi connectivity index (χ3n) is 2.27. The Morgan fingerprint density at radius 2 is 2.27 bits per heavy atom. The molecule has 5 nitrogen and oxygen atoms in total. The van der Waals surface area contributed by atoms with Gasteiger partial charge in [-0.1, -0.05) is 0 Å². The summed E-state index contributed by atoms with van der Waals surface area (Å²) in [5, 5.41) is 0. The van der Waals surface area contributed by atoms with Crippen molar-refractivity contribution in [3.63, 3.8) is 0 Å². The Hall–Kier alpha value is 0.0649. The predicted molar refractivity (Wildman–Crippen MR) is 54.6 cm³/mol. The van der Waals surface area contributed by atoms with E-state index in [9.17, 15) is 8.96 Å². The molecule has 5 unspecified atom stereocenters. The first-order valence-corrected chi connectivity index (χ1v) is 6.64. The zero-order valence-electron chi connectivity index (χ0n) is 8.92. The Kier molecular flexibility index (Phi) is 4.32. The van der Waals surface area contributed by atoms with Crippen LogP contribution in [0.1, 0.15) is 0 Å². The Labute approximate surface area is 88.8 Å². The van der Waals surface area contributed by atoms with Crippen LogP contribution in [-0.2, 0) is 18.6 Å². The normalized spacial score (nSPS) is 40.3. The van der Waals surface area contributed by atoms with E-state index in [0.717, 1.165) is 6.66 Å². The third-order valence-corrected chi connectivity index (χ3v) is 2.90. The smallest absolute Gasteiger partial charge is 0.325 e. The molecular formula is C7H15BFO5P. The Bertz CT molecular complexity index is 260. The van der Waals surface area contributed by atoms with Crippen LogP contribution in [0.4, 0.5) is 4.39 Å². The zero-order chi connectivity index (χ0) is 11.6. The third kappa shape index (κ3) is 3.54. The molecule has 1 heterocycles. The van der Waals surface area contributed by atoms with E-state index in [0.29, 0.717) is 0 Å². The lowest BCUT2D eigenvalue weighted by atomic mass is 9.94. The predicted octanol–water partition coefficient (Wildman–Crippen LogP) is -0.471. The molecule has 0 aromatic heterocycles. The van der Waals surface area contributed by atoms with Crippen LogP contribution < -0.4 is 0 Å². The fourth-order valence-corrected chi connectivity index (χ4v) is 1.95. The summed E-state index contributed by atoms with van der Waals surface area (Å²) >= 11 is 0. The fourth-order valence-electron chi connectivity index (χ4n) is 1.53. The summed E-state index contributed by atoms with van der Waals surface area (Å²) < 4.78 is 39.1. The second-order valence-corrected chi connectivity index (χ2v) is 5.49. The van der Waals surface area contributed by atoms with E-state index in [4.69, 9.17) is 14.4 Å². The topological polar surface area (TPSA) is 65.0 Å². The minimum Gasteiger partial charge on any atom is -0.376 e. The number of alkyl halides is 1. The van der Waals surface area contributed by atoms with Crippen molar-refractivity contribution >= 4 is 15.4 Å². The molecule has 1 fully saturated rings. The summed E-state index contributed by atoms with van der Waals surface area (Å²) in [7, 11) is -0.597. The molecule has 1 N–H and O–H groups in total. The second-order valence-electron chi connectivity index (χ2n) is 3.62. The maximum Gasteiger partial charge on any atom is 0.325 e. The SMILES string of the molecule is BC1OC(COP(C)(=O)O)C(OC)C1F. The van der Waals surface area contributed by atoms with Gasteiger partial charge in [0.1, 0.15) is 26.2 Å². The molecule has 1 aliphatic heterocycles. The summed E-state index contributed by atoms with van der Waals surface area (Å²) in [6.45, 7) is 0.924. The van der Waals surface area contributed by atoms with Crippen molar-refractivity contribution in [2.45, 2.75) is 24.4 Å². The first kappa shape index (κ1) is 13.1. The van der Waals surface area contributed by atoms with Gasteiger partial charge in [-0.2, -0.15) is 0 Å². The molecule has 0 bridgehead atoms. The van der Waals surface area contributed by atoms with E-state index >= 15 is 0 Å². The van der Waals surface area contributed by atoms with Crippen LogP contribution in [0.25, 0.3) is 0 Å². The van der Waals surface area contributed by atoms with Gasteiger partial charge in [0.2, 0.25) is 0 Å². The molecule has 0 amide bonds. The van der Waals surface area contributed by atoms with E-state index < -0.39 is 32.0 Å². The Morgan fingerprint density at radius 1 is 1.67 bits per heavy atom. The Morgan fingerprint density at radius 3 is 2.73 bits per heavy atom. The lowest BCUT2D eigenvalue weighted by molar-refractivity contribution is -0.0209. The lowest BCUT2D eigenvalue weighted by Crippen LogP contribution is -2.33. The highest BCUT2D eigenvalue weighted by molar-refractivity contribution is 7.51. The largest absolute Gasteiger partial charge is 0.376 e. The maximum absolute atomic E-state index is 13.4. The van der Waals surface area contributed by atoms with E-state index in [1.54, 1.807) is 7.85 Å². The van der Waals surface area contributed by atoms with Gasteiger partial charge >= 0.3 is 7.60 Å². The number of halogens is 1. The monoisotopic (exact) mass is 240 g/mol. The average molecular weight is 240 g/mol. The standard InChI is InChI=1S/C7H15BFO5P/c1-12-6-4(3-13-15(2,10)11)14-7(8)5(6)9/h4-7H,3,8H2,1-2H3,(H,10,11). The van der Waals surface area contributed by atoms with Gasteiger partial charge in [-0.15, -0.1) is 0 Å². The summed E-state index contributed by atoms with van der Waals surface area (Å²) in [5.41, 5.74) is 0. The van der Waals surface area contributed by atoms with Crippen LogP contribution in [0.15, 0.2) is 0 Å². The van der Waals surface area contributed by atoms with Gasteiger partial charge < -0.3 is 18.9 Å². The van der Waals surface area contributed by atoms with Crippen molar-refractivity contribution in [1.82, 2.24) is 0 Å². The van der Waals surface area contributed by atoms with E-state index in [1.165, 1.54) is 7.11 Å². The van der Waals surface area contributed by atoms with Gasteiger partial charge in [-0.3, -0.25) is 4.57 Å². The van der Waals surface area contributed by atoms with E-state index in [2.05, 4.69) is 4.52 Å². The molecule has 1 saturated heterocycles. The summed E-state index contributed by atoms with van der Waals surface area (Å²) in [6.07, 6.45) is -2.62. The van der Waals surface area contributed by atoms with Gasteiger partial charge in [0.15, 0.2) is 0 Å². The highest BCUT2D eigenvalue weighted by Gasteiger charge is 2.43. The number of rotatable bonds is 4. The van der Waals surface area contributed by atoms with E-state index in [1.807, 2.05) is 0 Å². The lowest BCUT2D eigenvalue weighted by Gasteiger charge is -2.18. The van der Waals surface area contributed by atoms with Gasteiger partial charge in [0.05, 0.1) is 12.6 Å². The summed E-state index contributed by atoms with van der Waals surface area (Å²) in [4.78, 5) is 8.91. The quantitative estimate of drug-likeness (QED) is 0.531. The maximum atomic E-state index is 13.4. The molecule has 0 aliphatic carbocycles. The van der Waals surface area contributed by atoms with Crippen LogP contribution in [0.2, 0.25) is 0 Å². The highest BCUT2D eigenvalue weighted by atomic mass is 31.2. The average Bonchev–Trinajstić information content (AvgIpc) is 2.38. The Balaban J connectivity index is 2.52.